The van der Waals surface area contributed by atoms with E-state index < -0.39 is 0 Å². The molecule has 5 rings (SSSR count). The van der Waals surface area contributed by atoms with E-state index in [0.29, 0.717) is 24.9 Å². The number of hydrogen-bond donors (Lipinski definition) is 0. The Morgan fingerprint density at radius 2 is 1.96 bits per heavy atom. The first kappa shape index (κ1) is 17.2. The number of carbonyl (C=O) groups is 1. The van der Waals surface area contributed by atoms with Crippen molar-refractivity contribution in [3.05, 3.63) is 58.3 Å². The number of amides is 1. The predicted molar refractivity (Wildman–Crippen MR) is 103 cm³/mol. The number of hydrogen-bond acceptors (Lipinski definition) is 5. The third kappa shape index (κ3) is 3.32. The third-order valence-electron chi connectivity index (χ3n) is 5.60. The first-order valence-electron chi connectivity index (χ1n) is 9.89. The van der Waals surface area contributed by atoms with Crippen LogP contribution in [0, 0.1) is 0 Å². The second kappa shape index (κ2) is 6.89. The van der Waals surface area contributed by atoms with Gasteiger partial charge in [0.2, 0.25) is 5.91 Å². The Morgan fingerprint density at radius 3 is 2.79 bits per heavy atom. The molecule has 7 heteroatoms. The Hall–Kier alpha value is -2.96. The minimum atomic E-state index is -0.231. The van der Waals surface area contributed by atoms with E-state index in [0.717, 1.165) is 42.5 Å². The van der Waals surface area contributed by atoms with E-state index in [1.54, 1.807) is 11.0 Å². The number of benzene rings is 1. The number of para-hydroxylation sites is 2. The van der Waals surface area contributed by atoms with Gasteiger partial charge in [0.15, 0.2) is 11.5 Å². The summed E-state index contributed by atoms with van der Waals surface area (Å²) in [6.07, 6.45) is 4.04. The molecule has 3 heterocycles. The molecule has 1 atom stereocenters. The lowest BCUT2D eigenvalue weighted by molar-refractivity contribution is -0.133. The predicted octanol–water partition coefficient (Wildman–Crippen LogP) is 2.67. The maximum Gasteiger partial charge on any atom is 0.267 e. The number of rotatable bonds is 4. The highest BCUT2D eigenvalue weighted by Gasteiger charge is 2.29. The Morgan fingerprint density at radius 1 is 1.11 bits per heavy atom. The highest BCUT2D eigenvalue weighted by atomic mass is 16.3. The molecule has 1 aliphatic heterocycles. The van der Waals surface area contributed by atoms with Gasteiger partial charge in [-0.1, -0.05) is 12.1 Å². The highest BCUT2D eigenvalue weighted by molar-refractivity contribution is 5.76. The second-order valence-electron chi connectivity index (χ2n) is 7.73. The van der Waals surface area contributed by atoms with E-state index in [4.69, 9.17) is 4.42 Å². The lowest BCUT2D eigenvalue weighted by atomic mass is 9.98. The van der Waals surface area contributed by atoms with Crippen molar-refractivity contribution in [1.29, 1.82) is 0 Å². The summed E-state index contributed by atoms with van der Waals surface area (Å²) in [5, 5.41) is 4.40. The fraction of sp³-hybridized carbons (Fsp3) is 0.429. The third-order valence-corrected chi connectivity index (χ3v) is 5.60. The summed E-state index contributed by atoms with van der Waals surface area (Å²) < 4.78 is 7.21. The minimum Gasteiger partial charge on any atom is -0.440 e. The first-order valence-corrected chi connectivity index (χ1v) is 9.89. The summed E-state index contributed by atoms with van der Waals surface area (Å²) >= 11 is 0. The van der Waals surface area contributed by atoms with Crippen molar-refractivity contribution in [3.8, 4) is 0 Å². The van der Waals surface area contributed by atoms with Crippen LogP contribution in [0.15, 0.2) is 45.6 Å². The maximum absolute atomic E-state index is 12.8. The molecule has 0 bridgehead atoms. The van der Waals surface area contributed by atoms with Crippen LogP contribution in [-0.2, 0) is 11.3 Å². The highest BCUT2D eigenvalue weighted by Crippen LogP contribution is 2.38. The molecule has 1 saturated carbocycles. The number of oxazole rings is 1. The molecule has 0 N–H and O–H groups in total. The van der Waals surface area contributed by atoms with Crippen molar-refractivity contribution < 1.29 is 9.21 Å². The van der Waals surface area contributed by atoms with E-state index in [9.17, 15) is 9.59 Å². The molecular formula is C21H22N4O3. The average molecular weight is 378 g/mol. The van der Waals surface area contributed by atoms with Crippen molar-refractivity contribution in [2.45, 2.75) is 44.1 Å². The van der Waals surface area contributed by atoms with Gasteiger partial charge in [0.1, 0.15) is 12.1 Å². The molecule has 144 valence electrons. The average Bonchev–Trinajstić information content (AvgIpc) is 3.47. The Labute approximate surface area is 162 Å². The van der Waals surface area contributed by atoms with E-state index in [1.165, 1.54) is 10.7 Å². The van der Waals surface area contributed by atoms with E-state index in [-0.39, 0.29) is 23.9 Å². The fourth-order valence-corrected chi connectivity index (χ4v) is 3.87. The molecule has 1 amide bonds. The molecule has 1 saturated heterocycles. The van der Waals surface area contributed by atoms with Gasteiger partial charge in [-0.3, -0.25) is 9.59 Å². The molecule has 1 aromatic carbocycles. The number of aromatic nitrogens is 3. The Kier molecular flexibility index (Phi) is 4.22. The van der Waals surface area contributed by atoms with Crippen molar-refractivity contribution in [3.63, 3.8) is 0 Å². The molecule has 0 spiro atoms. The van der Waals surface area contributed by atoms with Crippen LogP contribution in [0.25, 0.3) is 11.1 Å². The van der Waals surface area contributed by atoms with Gasteiger partial charge in [-0.2, -0.15) is 5.10 Å². The van der Waals surface area contributed by atoms with Gasteiger partial charge in [0.25, 0.3) is 5.56 Å². The second-order valence-corrected chi connectivity index (χ2v) is 7.73. The fourth-order valence-electron chi connectivity index (χ4n) is 3.87. The SMILES string of the molecule is O=C(Cn1nc(C2CC2)ccc1=O)N1CCC[C@H](c2nc3ccccc3o2)C1. The van der Waals surface area contributed by atoms with Crippen molar-refractivity contribution in [2.75, 3.05) is 13.1 Å². The van der Waals surface area contributed by atoms with Crippen molar-refractivity contribution in [2.24, 2.45) is 0 Å². The first-order chi connectivity index (χ1) is 13.7. The molecule has 0 unspecified atom stereocenters. The lowest BCUT2D eigenvalue weighted by Gasteiger charge is -2.31. The lowest BCUT2D eigenvalue weighted by Crippen LogP contribution is -2.42. The van der Waals surface area contributed by atoms with Gasteiger partial charge in [0.05, 0.1) is 11.6 Å². The Bertz CT molecular complexity index is 1050. The van der Waals surface area contributed by atoms with Gasteiger partial charge in [0, 0.05) is 25.1 Å². The number of fused-ring (bicyclic) bond motifs is 1. The largest absolute Gasteiger partial charge is 0.440 e. The zero-order valence-electron chi connectivity index (χ0n) is 15.6. The molecule has 2 fully saturated rings. The smallest absolute Gasteiger partial charge is 0.267 e. The monoisotopic (exact) mass is 378 g/mol. The van der Waals surface area contributed by atoms with Crippen molar-refractivity contribution in [1.82, 2.24) is 19.7 Å². The molecule has 0 radical (unpaired) electrons. The van der Waals surface area contributed by atoms with Crippen LogP contribution in [0.3, 0.4) is 0 Å². The summed E-state index contributed by atoms with van der Waals surface area (Å²) in [5.74, 6) is 1.13. The maximum atomic E-state index is 12.8. The summed E-state index contributed by atoms with van der Waals surface area (Å²) in [5.41, 5.74) is 2.29. The van der Waals surface area contributed by atoms with Gasteiger partial charge >= 0.3 is 0 Å². The summed E-state index contributed by atoms with van der Waals surface area (Å²) in [4.78, 5) is 31.4. The zero-order valence-corrected chi connectivity index (χ0v) is 15.6. The standard InChI is InChI=1S/C21H22N4O3/c26-19-10-9-16(14-7-8-14)23-25(19)13-20(27)24-11-3-4-15(12-24)21-22-17-5-1-2-6-18(17)28-21/h1-2,5-6,9-10,14-15H,3-4,7-8,11-13H2/t15-/m0/s1. The zero-order chi connectivity index (χ0) is 19.1. The number of carbonyl (C=O) groups excluding carboxylic acids is 1. The quantitative estimate of drug-likeness (QED) is 0.697. The van der Waals surface area contributed by atoms with E-state index >= 15 is 0 Å². The van der Waals surface area contributed by atoms with Gasteiger partial charge in [-0.25, -0.2) is 9.67 Å². The molecular weight excluding hydrogens is 356 g/mol. The Balaban J connectivity index is 1.31. The summed E-state index contributed by atoms with van der Waals surface area (Å²) in [7, 11) is 0. The molecule has 28 heavy (non-hydrogen) atoms. The molecule has 7 nitrogen and oxygen atoms in total. The van der Waals surface area contributed by atoms with Crippen molar-refractivity contribution >= 4 is 17.0 Å². The molecule has 2 aromatic heterocycles. The molecule has 1 aliphatic carbocycles. The molecule has 2 aliphatic rings. The van der Waals surface area contributed by atoms with Gasteiger partial charge in [-0.15, -0.1) is 0 Å². The summed E-state index contributed by atoms with van der Waals surface area (Å²) in [6.45, 7) is 1.23. The van der Waals surface area contributed by atoms with Crippen LogP contribution in [0.2, 0.25) is 0 Å². The van der Waals surface area contributed by atoms with Crippen LogP contribution in [0.1, 0.15) is 49.1 Å². The molecule has 3 aromatic rings. The van der Waals surface area contributed by atoms with E-state index in [1.807, 2.05) is 24.3 Å². The van der Waals surface area contributed by atoms with Crippen LogP contribution < -0.4 is 5.56 Å². The van der Waals surface area contributed by atoms with Crippen LogP contribution in [0.4, 0.5) is 0 Å². The van der Waals surface area contributed by atoms with Crippen LogP contribution in [0.5, 0.6) is 0 Å². The van der Waals surface area contributed by atoms with Crippen LogP contribution >= 0.6 is 0 Å². The van der Waals surface area contributed by atoms with Crippen LogP contribution in [-0.4, -0.2) is 38.7 Å². The number of piperidine rings is 1. The normalized spacial score (nSPS) is 19.9. The number of likely N-dealkylation sites (tertiary alicyclic amines) is 1. The summed E-state index contributed by atoms with van der Waals surface area (Å²) in [6, 6.07) is 11.0. The minimum absolute atomic E-state index is 0.0142. The number of nitrogens with zero attached hydrogens (tertiary/aromatic N) is 4. The van der Waals surface area contributed by atoms with Gasteiger partial charge in [-0.05, 0) is 43.9 Å². The van der Waals surface area contributed by atoms with Gasteiger partial charge < -0.3 is 9.32 Å². The topological polar surface area (TPSA) is 81.2 Å². The van der Waals surface area contributed by atoms with E-state index in [2.05, 4.69) is 10.1 Å².